The van der Waals surface area contributed by atoms with E-state index >= 15 is 0 Å². The second-order valence-corrected chi connectivity index (χ2v) is 11.2. The first kappa shape index (κ1) is 24.5. The van der Waals surface area contributed by atoms with Crippen LogP contribution in [0.25, 0.3) is 21.8 Å². The van der Waals surface area contributed by atoms with Crippen LogP contribution in [0.4, 0.5) is 4.79 Å². The average molecular weight is 583 g/mol. The second kappa shape index (κ2) is 9.92. The normalized spacial score (nSPS) is 16.9. The largest absolute Gasteiger partial charge is 0.528 e. The number of benzene rings is 2. The summed E-state index contributed by atoms with van der Waals surface area (Å²) in [6, 6.07) is 12.5. The average Bonchev–Trinajstić information content (AvgIpc) is 3.00. The molecule has 0 unspecified atom stereocenters. The third-order valence-electron chi connectivity index (χ3n) is 5.58. The molecule has 0 bridgehead atoms. The fraction of sp³-hybridized carbons (Fsp3) is 0.458. The van der Waals surface area contributed by atoms with Crippen LogP contribution in [-0.2, 0) is 16.1 Å². The molecule has 9 heteroatoms. The Labute approximate surface area is 210 Å². The maximum atomic E-state index is 11.9. The van der Waals surface area contributed by atoms with Crippen molar-refractivity contribution in [3.05, 3.63) is 45.3 Å². The van der Waals surface area contributed by atoms with E-state index in [1.807, 2.05) is 32.9 Å². The van der Waals surface area contributed by atoms with Crippen LogP contribution < -0.4 is 0 Å². The topological polar surface area (TPSA) is 67.2 Å². The minimum Gasteiger partial charge on any atom is -0.427 e. The molecule has 7 nitrogen and oxygen atoms in total. The van der Waals surface area contributed by atoms with Gasteiger partial charge in [-0.1, -0.05) is 31.9 Å². The zero-order valence-electron chi connectivity index (χ0n) is 19.1. The maximum Gasteiger partial charge on any atom is 0.528 e. The molecule has 2 aromatic carbocycles. The smallest absolute Gasteiger partial charge is 0.427 e. The number of aliphatic hydroxyl groups is 1. The fourth-order valence-corrected chi connectivity index (χ4v) is 4.91. The number of aliphatic hydroxyl groups excluding tert-OH is 1. The Bertz CT molecular complexity index is 1090. The number of hydroxylamine groups is 2. The van der Waals surface area contributed by atoms with Crippen LogP contribution in [0.3, 0.4) is 0 Å². The van der Waals surface area contributed by atoms with E-state index in [9.17, 15) is 9.90 Å². The van der Waals surface area contributed by atoms with Crippen LogP contribution in [-0.4, -0.2) is 70.2 Å². The molecule has 2 heterocycles. The molecule has 1 aliphatic heterocycles. The van der Waals surface area contributed by atoms with E-state index in [1.54, 1.807) is 5.06 Å². The van der Waals surface area contributed by atoms with E-state index in [1.165, 1.54) is 0 Å². The number of halogens is 2. The summed E-state index contributed by atoms with van der Waals surface area (Å²) in [5.41, 5.74) is 1.61. The van der Waals surface area contributed by atoms with Crippen molar-refractivity contribution >= 4 is 59.8 Å². The van der Waals surface area contributed by atoms with E-state index in [-0.39, 0.29) is 0 Å². The summed E-state index contributed by atoms with van der Waals surface area (Å²) < 4.78 is 9.46. The fourth-order valence-electron chi connectivity index (χ4n) is 4.19. The van der Waals surface area contributed by atoms with Gasteiger partial charge in [-0.2, -0.15) is 0 Å². The summed E-state index contributed by atoms with van der Waals surface area (Å²) >= 11 is 7.15. The van der Waals surface area contributed by atoms with Crippen molar-refractivity contribution in [2.45, 2.75) is 39.0 Å². The van der Waals surface area contributed by atoms with Gasteiger partial charge in [0.05, 0.1) is 12.6 Å². The molecule has 1 aliphatic rings. The zero-order valence-corrected chi connectivity index (χ0v) is 22.2. The van der Waals surface area contributed by atoms with E-state index in [4.69, 9.17) is 9.57 Å². The highest BCUT2D eigenvalue weighted by Gasteiger charge is 2.25. The Hall–Kier alpha value is -1.65. The molecule has 1 atom stereocenters. The first-order chi connectivity index (χ1) is 15.6. The van der Waals surface area contributed by atoms with Crippen LogP contribution in [0.1, 0.15) is 20.8 Å². The predicted molar refractivity (Wildman–Crippen MR) is 136 cm³/mol. The minimum atomic E-state index is -0.680. The van der Waals surface area contributed by atoms with Crippen LogP contribution in [0.15, 0.2) is 45.3 Å². The summed E-state index contributed by atoms with van der Waals surface area (Å²) in [7, 11) is 0. The number of aromatic nitrogens is 1. The SMILES string of the molecule is CC(C)(C)OC(=O)ON1CCN(C[C@H](O)Cn2c3ccc(Br)cc3c3cc(Br)ccc32)CC1. The summed E-state index contributed by atoms with van der Waals surface area (Å²) in [5, 5.41) is 14.9. The molecule has 0 aliphatic carbocycles. The molecule has 1 saturated heterocycles. The van der Waals surface area contributed by atoms with Crippen molar-refractivity contribution in [2.24, 2.45) is 0 Å². The van der Waals surface area contributed by atoms with Gasteiger partial charge in [-0.05, 0) is 57.2 Å². The summed E-state index contributed by atoms with van der Waals surface area (Å²) in [6.07, 6.45) is -1.21. The van der Waals surface area contributed by atoms with Gasteiger partial charge in [-0.15, -0.1) is 5.06 Å². The van der Waals surface area contributed by atoms with Crippen molar-refractivity contribution in [2.75, 3.05) is 32.7 Å². The van der Waals surface area contributed by atoms with Gasteiger partial charge in [-0.25, -0.2) is 4.79 Å². The zero-order chi connectivity index (χ0) is 23.8. The van der Waals surface area contributed by atoms with Crippen molar-refractivity contribution in [3.8, 4) is 0 Å². The molecule has 1 fully saturated rings. The molecule has 178 valence electrons. The molecule has 0 spiro atoms. The molecule has 0 amide bonds. The first-order valence-electron chi connectivity index (χ1n) is 11.0. The Morgan fingerprint density at radius 1 is 0.970 bits per heavy atom. The molecule has 1 aromatic heterocycles. The van der Waals surface area contributed by atoms with Crippen molar-refractivity contribution in [1.29, 1.82) is 0 Å². The number of hydrogen-bond donors (Lipinski definition) is 1. The summed E-state index contributed by atoms with van der Waals surface area (Å²) in [6.45, 7) is 9.02. The van der Waals surface area contributed by atoms with Crippen molar-refractivity contribution in [1.82, 2.24) is 14.5 Å². The van der Waals surface area contributed by atoms with Crippen molar-refractivity contribution in [3.63, 3.8) is 0 Å². The molecule has 0 saturated carbocycles. The quantitative estimate of drug-likeness (QED) is 0.419. The van der Waals surface area contributed by atoms with E-state index in [0.29, 0.717) is 39.3 Å². The Morgan fingerprint density at radius 3 is 2.03 bits per heavy atom. The van der Waals surface area contributed by atoms with Gasteiger partial charge in [0.15, 0.2) is 0 Å². The molecule has 4 rings (SSSR count). The van der Waals surface area contributed by atoms with E-state index in [0.717, 1.165) is 30.8 Å². The highest BCUT2D eigenvalue weighted by atomic mass is 79.9. The minimum absolute atomic E-state index is 0.498. The van der Waals surface area contributed by atoms with Gasteiger partial charge in [0.2, 0.25) is 0 Å². The summed E-state index contributed by atoms with van der Waals surface area (Å²) in [4.78, 5) is 19.4. The monoisotopic (exact) mass is 581 g/mol. The lowest BCUT2D eigenvalue weighted by atomic mass is 10.2. The molecule has 1 N–H and O–H groups in total. The van der Waals surface area contributed by atoms with Gasteiger partial charge >= 0.3 is 6.16 Å². The number of β-amino-alcohol motifs (C(OH)–C–C–N with tert-alkyl or cyclic N) is 1. The standard InChI is InChI=1S/C24H29Br2N3O4/c1-24(2,3)32-23(31)33-28-10-8-27(9-11-28)14-18(30)15-29-21-6-4-16(25)12-19(21)20-13-17(26)5-7-22(20)29/h4-7,12-13,18,30H,8-11,14-15H2,1-3H3/t18-/m0/s1. The summed E-state index contributed by atoms with van der Waals surface area (Å²) in [5.74, 6) is 0. The number of carbonyl (C=O) groups excluding carboxylic acids is 1. The van der Waals surface area contributed by atoms with Crippen LogP contribution >= 0.6 is 31.9 Å². The number of rotatable bonds is 5. The van der Waals surface area contributed by atoms with Gasteiger partial charge in [-0.3, -0.25) is 4.90 Å². The predicted octanol–water partition coefficient (Wildman–Crippen LogP) is 5.16. The highest BCUT2D eigenvalue weighted by Crippen LogP contribution is 2.33. The number of fused-ring (bicyclic) bond motifs is 3. The van der Waals surface area contributed by atoms with Gasteiger partial charge in [0.1, 0.15) is 5.60 Å². The lowest BCUT2D eigenvalue weighted by molar-refractivity contribution is -0.159. The van der Waals surface area contributed by atoms with Gasteiger partial charge in [0, 0.05) is 63.5 Å². The lowest BCUT2D eigenvalue weighted by Crippen LogP contribution is -2.49. The van der Waals surface area contributed by atoms with Gasteiger partial charge < -0.3 is 19.2 Å². The Kier molecular flexibility index (Phi) is 7.35. The molecule has 33 heavy (non-hydrogen) atoms. The Balaban J connectivity index is 1.39. The number of ether oxygens (including phenoxy) is 1. The van der Waals surface area contributed by atoms with E-state index < -0.39 is 17.9 Å². The highest BCUT2D eigenvalue weighted by molar-refractivity contribution is 9.10. The van der Waals surface area contributed by atoms with E-state index in [2.05, 4.69) is 65.6 Å². The van der Waals surface area contributed by atoms with Crippen LogP contribution in [0, 0.1) is 0 Å². The number of piperazine rings is 1. The first-order valence-corrected chi connectivity index (χ1v) is 12.6. The number of nitrogens with zero attached hydrogens (tertiary/aromatic N) is 3. The van der Waals surface area contributed by atoms with Crippen LogP contribution in [0.5, 0.6) is 0 Å². The number of hydrogen-bond acceptors (Lipinski definition) is 6. The van der Waals surface area contributed by atoms with Crippen LogP contribution in [0.2, 0.25) is 0 Å². The second-order valence-electron chi connectivity index (χ2n) is 9.37. The molecular weight excluding hydrogens is 554 g/mol. The lowest BCUT2D eigenvalue weighted by Gasteiger charge is -2.34. The number of carbonyl (C=O) groups is 1. The Morgan fingerprint density at radius 2 is 1.52 bits per heavy atom. The third kappa shape index (κ3) is 6.08. The van der Waals surface area contributed by atoms with Gasteiger partial charge in [0.25, 0.3) is 0 Å². The third-order valence-corrected chi connectivity index (χ3v) is 6.56. The molecule has 3 aromatic rings. The molecular formula is C24H29Br2N3O4. The molecule has 0 radical (unpaired) electrons. The van der Waals surface area contributed by atoms with Crippen molar-refractivity contribution < 1.29 is 19.5 Å². The maximum absolute atomic E-state index is 11.9.